The van der Waals surface area contributed by atoms with E-state index in [9.17, 15) is 4.39 Å². The van der Waals surface area contributed by atoms with Crippen LogP contribution < -0.4 is 0 Å². The molecule has 0 N–H and O–H groups in total. The van der Waals surface area contributed by atoms with Crippen molar-refractivity contribution in [1.82, 2.24) is 0 Å². The number of ether oxygens (including phenoxy) is 1. The zero-order chi connectivity index (χ0) is 7.42. The molecule has 1 aromatic rings. The SMILES string of the molecule is Fc1ccc2c(c1)C[C@H]1O[C@H]21. The van der Waals surface area contributed by atoms with Gasteiger partial charge in [-0.05, 0) is 23.3 Å². The summed E-state index contributed by atoms with van der Waals surface area (Å²) < 4.78 is 18.0. The number of halogens is 1. The smallest absolute Gasteiger partial charge is 0.123 e. The Hall–Kier alpha value is -0.890. The summed E-state index contributed by atoms with van der Waals surface area (Å²) in [6.45, 7) is 0. The van der Waals surface area contributed by atoms with E-state index in [1.807, 2.05) is 6.07 Å². The molecule has 1 fully saturated rings. The molecule has 0 spiro atoms. The van der Waals surface area contributed by atoms with Gasteiger partial charge in [-0.15, -0.1) is 0 Å². The number of epoxide rings is 1. The fourth-order valence-corrected chi connectivity index (χ4v) is 1.82. The second kappa shape index (κ2) is 1.64. The van der Waals surface area contributed by atoms with E-state index in [1.54, 1.807) is 6.07 Å². The van der Waals surface area contributed by atoms with Crippen molar-refractivity contribution in [3.05, 3.63) is 35.1 Å². The van der Waals surface area contributed by atoms with Crippen molar-refractivity contribution in [2.75, 3.05) is 0 Å². The highest BCUT2D eigenvalue weighted by molar-refractivity contribution is 5.39. The van der Waals surface area contributed by atoms with Crippen LogP contribution >= 0.6 is 0 Å². The lowest BCUT2D eigenvalue weighted by Crippen LogP contribution is -1.89. The van der Waals surface area contributed by atoms with Gasteiger partial charge in [0, 0.05) is 6.42 Å². The first-order chi connectivity index (χ1) is 5.34. The minimum Gasteiger partial charge on any atom is -0.364 e. The molecule has 2 aliphatic rings. The Balaban J connectivity index is 2.18. The van der Waals surface area contributed by atoms with Crippen LogP contribution in [0.5, 0.6) is 0 Å². The molecule has 56 valence electrons. The quantitative estimate of drug-likeness (QED) is 0.514. The highest BCUT2D eigenvalue weighted by Crippen LogP contribution is 2.48. The number of rotatable bonds is 0. The Bertz CT molecular complexity index is 321. The van der Waals surface area contributed by atoms with Crippen LogP contribution in [0.15, 0.2) is 18.2 Å². The topological polar surface area (TPSA) is 12.5 Å². The molecule has 0 radical (unpaired) electrons. The summed E-state index contributed by atoms with van der Waals surface area (Å²) >= 11 is 0. The van der Waals surface area contributed by atoms with Gasteiger partial charge in [-0.1, -0.05) is 6.07 Å². The minimum absolute atomic E-state index is 0.134. The van der Waals surface area contributed by atoms with Crippen LogP contribution in [-0.4, -0.2) is 6.10 Å². The van der Waals surface area contributed by atoms with Crippen molar-refractivity contribution >= 4 is 0 Å². The van der Waals surface area contributed by atoms with Crippen LogP contribution in [-0.2, 0) is 11.2 Å². The Kier molecular flexibility index (Phi) is 0.853. The molecule has 1 aliphatic carbocycles. The van der Waals surface area contributed by atoms with E-state index in [-0.39, 0.29) is 5.82 Å². The normalized spacial score (nSPS) is 31.4. The van der Waals surface area contributed by atoms with Gasteiger partial charge in [0.1, 0.15) is 11.9 Å². The van der Waals surface area contributed by atoms with Gasteiger partial charge in [-0.3, -0.25) is 0 Å². The number of fused-ring (bicyclic) bond motifs is 3. The molecule has 0 bridgehead atoms. The van der Waals surface area contributed by atoms with Gasteiger partial charge in [-0.2, -0.15) is 0 Å². The lowest BCUT2D eigenvalue weighted by Gasteiger charge is -2.00. The van der Waals surface area contributed by atoms with E-state index in [2.05, 4.69) is 0 Å². The van der Waals surface area contributed by atoms with Crippen LogP contribution in [0.1, 0.15) is 17.2 Å². The van der Waals surface area contributed by atoms with E-state index in [4.69, 9.17) is 4.74 Å². The van der Waals surface area contributed by atoms with Crippen LogP contribution in [0.4, 0.5) is 4.39 Å². The van der Waals surface area contributed by atoms with E-state index in [1.165, 1.54) is 11.6 Å². The highest BCUT2D eigenvalue weighted by atomic mass is 19.1. The first kappa shape index (κ1) is 5.72. The Morgan fingerprint density at radius 1 is 1.45 bits per heavy atom. The van der Waals surface area contributed by atoms with Crippen LogP contribution in [0.2, 0.25) is 0 Å². The monoisotopic (exact) mass is 150 g/mol. The van der Waals surface area contributed by atoms with Crippen molar-refractivity contribution in [2.45, 2.75) is 18.6 Å². The molecule has 1 nitrogen and oxygen atoms in total. The van der Waals surface area contributed by atoms with E-state index in [0.717, 1.165) is 12.0 Å². The Labute approximate surface area is 63.8 Å². The fourth-order valence-electron chi connectivity index (χ4n) is 1.82. The largest absolute Gasteiger partial charge is 0.364 e. The van der Waals surface area contributed by atoms with Gasteiger partial charge in [0.15, 0.2) is 0 Å². The summed E-state index contributed by atoms with van der Waals surface area (Å²) in [6, 6.07) is 4.95. The van der Waals surface area contributed by atoms with Gasteiger partial charge >= 0.3 is 0 Å². The number of hydrogen-bond donors (Lipinski definition) is 0. The first-order valence-corrected chi connectivity index (χ1v) is 3.78. The van der Waals surface area contributed by atoms with Crippen molar-refractivity contribution in [3.8, 4) is 0 Å². The van der Waals surface area contributed by atoms with Crippen LogP contribution in [0.3, 0.4) is 0 Å². The average molecular weight is 150 g/mol. The Morgan fingerprint density at radius 3 is 3.27 bits per heavy atom. The van der Waals surface area contributed by atoms with Gasteiger partial charge in [0.05, 0.1) is 6.10 Å². The summed E-state index contributed by atoms with van der Waals surface area (Å²) in [5, 5.41) is 0. The molecule has 0 amide bonds. The fraction of sp³-hybridized carbons (Fsp3) is 0.333. The van der Waals surface area contributed by atoms with Gasteiger partial charge in [0.2, 0.25) is 0 Å². The predicted molar refractivity (Wildman–Crippen MR) is 37.7 cm³/mol. The van der Waals surface area contributed by atoms with Crippen molar-refractivity contribution in [1.29, 1.82) is 0 Å². The maximum Gasteiger partial charge on any atom is 0.123 e. The molecule has 1 aliphatic heterocycles. The van der Waals surface area contributed by atoms with Crippen molar-refractivity contribution in [2.24, 2.45) is 0 Å². The predicted octanol–water partition coefficient (Wildman–Crippen LogP) is 1.82. The summed E-state index contributed by atoms with van der Waals surface area (Å²) in [5.74, 6) is -0.134. The third kappa shape index (κ3) is 0.676. The Morgan fingerprint density at radius 2 is 2.36 bits per heavy atom. The standard InChI is InChI=1S/C9H7FO/c10-6-1-2-7-5(3-6)4-8-9(7)11-8/h1-3,8-9H,4H2/t8-,9-/m1/s1. The molecule has 1 aromatic carbocycles. The molecule has 0 saturated carbocycles. The molecule has 1 heterocycles. The second-order valence-corrected chi connectivity index (χ2v) is 3.14. The summed E-state index contributed by atoms with van der Waals surface area (Å²) in [6.07, 6.45) is 1.56. The number of benzene rings is 1. The minimum atomic E-state index is -0.134. The molecule has 11 heavy (non-hydrogen) atoms. The molecule has 0 aromatic heterocycles. The van der Waals surface area contributed by atoms with Crippen LogP contribution in [0, 0.1) is 5.82 Å². The molecule has 3 rings (SSSR count). The second-order valence-electron chi connectivity index (χ2n) is 3.14. The summed E-state index contributed by atoms with van der Waals surface area (Å²) in [4.78, 5) is 0. The van der Waals surface area contributed by atoms with Gasteiger partial charge in [-0.25, -0.2) is 4.39 Å². The summed E-state index contributed by atoms with van der Waals surface area (Å²) in [7, 11) is 0. The zero-order valence-electron chi connectivity index (χ0n) is 5.88. The molecule has 2 atom stereocenters. The van der Waals surface area contributed by atoms with Crippen molar-refractivity contribution < 1.29 is 9.13 Å². The lowest BCUT2D eigenvalue weighted by molar-refractivity contribution is 0.360. The van der Waals surface area contributed by atoms with Crippen LogP contribution in [0.25, 0.3) is 0 Å². The highest BCUT2D eigenvalue weighted by Gasteiger charge is 2.46. The van der Waals surface area contributed by atoms with E-state index >= 15 is 0 Å². The van der Waals surface area contributed by atoms with E-state index in [0.29, 0.717) is 12.2 Å². The third-order valence-corrected chi connectivity index (χ3v) is 2.42. The van der Waals surface area contributed by atoms with E-state index < -0.39 is 0 Å². The van der Waals surface area contributed by atoms with Gasteiger partial charge in [0.25, 0.3) is 0 Å². The molecular weight excluding hydrogens is 143 g/mol. The maximum atomic E-state index is 12.7. The first-order valence-electron chi connectivity index (χ1n) is 3.78. The lowest BCUT2D eigenvalue weighted by atomic mass is 10.1. The molecular formula is C9H7FO. The van der Waals surface area contributed by atoms with Crippen molar-refractivity contribution in [3.63, 3.8) is 0 Å². The maximum absolute atomic E-state index is 12.7. The summed E-state index contributed by atoms with van der Waals surface area (Å²) in [5.41, 5.74) is 2.32. The average Bonchev–Trinajstić information content (AvgIpc) is 2.63. The van der Waals surface area contributed by atoms with Gasteiger partial charge < -0.3 is 4.74 Å². The molecule has 0 unspecified atom stereocenters. The zero-order valence-corrected chi connectivity index (χ0v) is 5.88. The third-order valence-electron chi connectivity index (χ3n) is 2.42. The molecule has 2 heteroatoms. The molecule has 1 saturated heterocycles. The number of hydrogen-bond acceptors (Lipinski definition) is 1.